The van der Waals surface area contributed by atoms with Gasteiger partial charge < -0.3 is 9.67 Å². The van der Waals surface area contributed by atoms with Crippen LogP contribution in [0.5, 0.6) is 0 Å². The van der Waals surface area contributed by atoms with E-state index in [0.717, 1.165) is 11.1 Å². The Morgan fingerprint density at radius 1 is 1.04 bits per heavy atom. The van der Waals surface area contributed by atoms with Crippen molar-refractivity contribution in [1.82, 2.24) is 19.5 Å². The summed E-state index contributed by atoms with van der Waals surface area (Å²) in [6, 6.07) is 12.5. The maximum Gasteiger partial charge on any atom is 0.275 e. The van der Waals surface area contributed by atoms with Gasteiger partial charge in [-0.05, 0) is 35.9 Å². The lowest BCUT2D eigenvalue weighted by Crippen LogP contribution is -2.20. The smallest absolute Gasteiger partial charge is 0.275 e. The van der Waals surface area contributed by atoms with Crippen LogP contribution in [-0.2, 0) is 6.54 Å². The summed E-state index contributed by atoms with van der Waals surface area (Å²) in [6.45, 7) is 0.120. The number of nitrogens with zero attached hydrogens (tertiary/aromatic N) is 4. The molecule has 2 N–H and O–H groups in total. The second kappa shape index (κ2) is 7.75. The largest absolute Gasteiger partial charge is 0.395 e. The van der Waals surface area contributed by atoms with Crippen molar-refractivity contribution < 1.29 is 9.90 Å². The molecule has 7 nitrogen and oxygen atoms in total. The van der Waals surface area contributed by atoms with Gasteiger partial charge in [0.1, 0.15) is 5.69 Å². The Morgan fingerprint density at radius 2 is 1.75 bits per heavy atom. The summed E-state index contributed by atoms with van der Waals surface area (Å²) in [4.78, 5) is 25.8. The molecule has 4 rings (SSSR count). The highest BCUT2D eigenvalue weighted by molar-refractivity contribution is 6.30. The molecule has 0 radical (unpaired) electrons. The average Bonchev–Trinajstić information content (AvgIpc) is 3.04. The number of hydrogen-bond acceptors (Lipinski definition) is 5. The number of aliphatic hydroxyl groups is 1. The van der Waals surface area contributed by atoms with Crippen LogP contribution in [0, 0.1) is 0 Å². The van der Waals surface area contributed by atoms with E-state index in [-0.39, 0.29) is 25.0 Å². The molecule has 1 aromatic carbocycles. The lowest BCUT2D eigenvalue weighted by Gasteiger charge is -2.11. The van der Waals surface area contributed by atoms with Crippen molar-refractivity contribution >= 4 is 34.5 Å². The van der Waals surface area contributed by atoms with E-state index in [0.29, 0.717) is 21.8 Å². The summed E-state index contributed by atoms with van der Waals surface area (Å²) in [5.41, 5.74) is 3.24. The Morgan fingerprint density at radius 3 is 2.46 bits per heavy atom. The number of carbonyl (C=O) groups is 1. The molecule has 0 aliphatic carbocycles. The highest BCUT2D eigenvalue weighted by atomic mass is 35.5. The van der Waals surface area contributed by atoms with E-state index in [1.54, 1.807) is 47.4 Å². The summed E-state index contributed by atoms with van der Waals surface area (Å²) in [5.74, 6) is -0.189. The first-order chi connectivity index (χ1) is 13.7. The lowest BCUT2D eigenvalue weighted by molar-refractivity contribution is 0.101. The number of halogens is 1. The highest BCUT2D eigenvalue weighted by Gasteiger charge is 2.25. The van der Waals surface area contributed by atoms with Gasteiger partial charge in [0.2, 0.25) is 5.95 Å². The van der Waals surface area contributed by atoms with Crippen molar-refractivity contribution in [1.29, 1.82) is 0 Å². The van der Waals surface area contributed by atoms with Gasteiger partial charge >= 0.3 is 0 Å². The fraction of sp³-hybridized carbons (Fsp3) is 0.100. The maximum absolute atomic E-state index is 13.2. The Labute approximate surface area is 165 Å². The topological polar surface area (TPSA) is 92.9 Å². The molecule has 8 heteroatoms. The molecule has 4 aromatic rings. The third-order valence-electron chi connectivity index (χ3n) is 4.28. The summed E-state index contributed by atoms with van der Waals surface area (Å²) < 4.78 is 1.75. The molecule has 0 saturated heterocycles. The standard InChI is InChI=1S/C20H16ClN5O2/c21-14-6-4-13(5-7-14)16-17-15(3-1-8-22-17)26(11-12-27)18(16)19(28)25-20-23-9-2-10-24-20/h1-10,27H,11-12H2,(H,23,24,25,28). The molecule has 0 aliphatic heterocycles. The SMILES string of the molecule is O=C(Nc1ncccn1)c1c(-c2ccc(Cl)cc2)c2ncccc2n1CCO. The van der Waals surface area contributed by atoms with E-state index < -0.39 is 0 Å². The van der Waals surface area contributed by atoms with Crippen LogP contribution in [-0.4, -0.2) is 37.1 Å². The van der Waals surface area contributed by atoms with Gasteiger partial charge in [-0.2, -0.15) is 0 Å². The van der Waals surface area contributed by atoms with E-state index in [2.05, 4.69) is 20.3 Å². The van der Waals surface area contributed by atoms with Gasteiger partial charge in [0, 0.05) is 35.7 Å². The molecular formula is C20H16ClN5O2. The van der Waals surface area contributed by atoms with Gasteiger partial charge in [0.05, 0.1) is 17.6 Å². The Kier molecular flexibility index (Phi) is 5.01. The van der Waals surface area contributed by atoms with Crippen LogP contribution < -0.4 is 5.32 Å². The Balaban J connectivity index is 1.94. The molecule has 0 aliphatic rings. The van der Waals surface area contributed by atoms with Crippen LogP contribution >= 0.6 is 11.6 Å². The second-order valence-electron chi connectivity index (χ2n) is 6.00. The van der Waals surface area contributed by atoms with Crippen molar-refractivity contribution in [2.24, 2.45) is 0 Å². The Bertz CT molecular complexity index is 1130. The van der Waals surface area contributed by atoms with Crippen LogP contribution in [0.4, 0.5) is 5.95 Å². The maximum atomic E-state index is 13.2. The fourth-order valence-electron chi connectivity index (χ4n) is 3.16. The Hall–Kier alpha value is -3.29. The molecule has 0 spiro atoms. The third-order valence-corrected chi connectivity index (χ3v) is 4.54. The molecule has 0 bridgehead atoms. The number of aromatic nitrogens is 4. The zero-order valence-corrected chi connectivity index (χ0v) is 15.5. The molecular weight excluding hydrogens is 378 g/mol. The first kappa shape index (κ1) is 18.1. The van der Waals surface area contributed by atoms with Crippen LogP contribution in [0.25, 0.3) is 22.2 Å². The number of aliphatic hydroxyl groups excluding tert-OH is 1. The molecule has 0 fully saturated rings. The first-order valence-electron chi connectivity index (χ1n) is 8.61. The fourth-order valence-corrected chi connectivity index (χ4v) is 3.28. The van der Waals surface area contributed by atoms with Crippen LogP contribution in [0.2, 0.25) is 5.02 Å². The quantitative estimate of drug-likeness (QED) is 0.542. The minimum absolute atomic E-state index is 0.124. The molecule has 3 heterocycles. The van der Waals surface area contributed by atoms with E-state index in [1.807, 2.05) is 18.2 Å². The van der Waals surface area contributed by atoms with Gasteiger partial charge in [-0.3, -0.25) is 15.1 Å². The van der Waals surface area contributed by atoms with Gasteiger partial charge in [0.15, 0.2) is 0 Å². The molecule has 28 heavy (non-hydrogen) atoms. The van der Waals surface area contributed by atoms with Crippen LogP contribution in [0.15, 0.2) is 61.1 Å². The molecule has 0 atom stereocenters. The second-order valence-corrected chi connectivity index (χ2v) is 6.44. The average molecular weight is 394 g/mol. The zero-order valence-electron chi connectivity index (χ0n) is 14.7. The molecule has 140 valence electrons. The number of anilines is 1. The summed E-state index contributed by atoms with van der Waals surface area (Å²) >= 11 is 6.03. The molecule has 0 unspecified atom stereocenters. The third kappa shape index (κ3) is 3.33. The predicted molar refractivity (Wildman–Crippen MR) is 107 cm³/mol. The monoisotopic (exact) mass is 393 g/mol. The highest BCUT2D eigenvalue weighted by Crippen LogP contribution is 2.34. The van der Waals surface area contributed by atoms with Gasteiger partial charge in [0.25, 0.3) is 5.91 Å². The lowest BCUT2D eigenvalue weighted by atomic mass is 10.0. The number of pyridine rings is 1. The molecule has 1 amide bonds. The minimum Gasteiger partial charge on any atom is -0.395 e. The van der Waals surface area contributed by atoms with Gasteiger partial charge in [-0.1, -0.05) is 23.7 Å². The minimum atomic E-state index is -0.386. The number of carbonyl (C=O) groups excluding carboxylic acids is 1. The number of nitrogens with one attached hydrogen (secondary N) is 1. The molecule has 3 aromatic heterocycles. The summed E-state index contributed by atoms with van der Waals surface area (Å²) in [7, 11) is 0. The van der Waals surface area contributed by atoms with E-state index in [9.17, 15) is 9.90 Å². The predicted octanol–water partition coefficient (Wildman–Crippen LogP) is 3.39. The van der Waals surface area contributed by atoms with Crippen molar-refractivity contribution in [3.8, 4) is 11.1 Å². The van der Waals surface area contributed by atoms with Crippen LogP contribution in [0.1, 0.15) is 10.5 Å². The van der Waals surface area contributed by atoms with Crippen molar-refractivity contribution in [3.05, 3.63) is 71.8 Å². The van der Waals surface area contributed by atoms with E-state index >= 15 is 0 Å². The van der Waals surface area contributed by atoms with Crippen molar-refractivity contribution in [2.45, 2.75) is 6.54 Å². The van der Waals surface area contributed by atoms with E-state index in [1.165, 1.54) is 0 Å². The number of rotatable bonds is 5. The normalized spacial score (nSPS) is 10.9. The van der Waals surface area contributed by atoms with Crippen LogP contribution in [0.3, 0.4) is 0 Å². The van der Waals surface area contributed by atoms with Gasteiger partial charge in [-0.15, -0.1) is 0 Å². The number of hydrogen-bond donors (Lipinski definition) is 2. The number of fused-ring (bicyclic) bond motifs is 1. The van der Waals surface area contributed by atoms with Gasteiger partial charge in [-0.25, -0.2) is 9.97 Å². The van der Waals surface area contributed by atoms with E-state index in [4.69, 9.17) is 11.6 Å². The van der Waals surface area contributed by atoms with Crippen molar-refractivity contribution in [2.75, 3.05) is 11.9 Å². The summed E-state index contributed by atoms with van der Waals surface area (Å²) in [5, 5.41) is 12.9. The molecule has 0 saturated carbocycles. The number of benzene rings is 1. The number of amides is 1. The van der Waals surface area contributed by atoms with Crippen molar-refractivity contribution in [3.63, 3.8) is 0 Å². The first-order valence-corrected chi connectivity index (χ1v) is 8.99. The summed E-state index contributed by atoms with van der Waals surface area (Å²) in [6.07, 6.45) is 4.77. The zero-order chi connectivity index (χ0) is 19.5.